The third-order valence-electron chi connectivity index (χ3n) is 5.12. The number of carbonyl (C=O) groups is 1. The Morgan fingerprint density at radius 3 is 2.72 bits per heavy atom. The zero-order valence-electron chi connectivity index (χ0n) is 14.2. The molecule has 1 fully saturated rings. The van der Waals surface area contributed by atoms with Crippen LogP contribution in [0.3, 0.4) is 0 Å². The molecule has 0 aliphatic carbocycles. The van der Waals surface area contributed by atoms with Gasteiger partial charge in [0.2, 0.25) is 0 Å². The predicted octanol–water partition coefficient (Wildman–Crippen LogP) is 2.20. The van der Waals surface area contributed by atoms with Gasteiger partial charge >= 0.3 is 0 Å². The molecule has 5 heteroatoms. The lowest BCUT2D eigenvalue weighted by molar-refractivity contribution is -0.255. The summed E-state index contributed by atoms with van der Waals surface area (Å²) < 4.78 is 2.01. The summed E-state index contributed by atoms with van der Waals surface area (Å²) in [5.74, 6) is -0.587. The maximum atomic E-state index is 11.0. The lowest BCUT2D eigenvalue weighted by Crippen LogP contribution is -2.29. The number of carbonyl (C=O) groups excluding carboxylic acids is 1. The number of fused-ring (bicyclic) bond motifs is 1. The molecule has 0 unspecified atom stereocenters. The third kappa shape index (κ3) is 3.03. The molecule has 25 heavy (non-hydrogen) atoms. The lowest BCUT2D eigenvalue weighted by atomic mass is 9.89. The fraction of sp³-hybridized carbons (Fsp3) is 0.300. The zero-order valence-corrected chi connectivity index (χ0v) is 14.2. The molecular formula is C20H20N3O2-. The van der Waals surface area contributed by atoms with Gasteiger partial charge in [0.05, 0.1) is 17.0 Å². The summed E-state index contributed by atoms with van der Waals surface area (Å²) >= 11 is 0. The molecule has 1 aliphatic rings. The molecule has 1 saturated heterocycles. The van der Waals surface area contributed by atoms with Gasteiger partial charge < -0.3 is 14.8 Å². The first-order chi connectivity index (χ1) is 12.1. The van der Waals surface area contributed by atoms with Crippen molar-refractivity contribution in [3.8, 4) is 5.69 Å². The van der Waals surface area contributed by atoms with Crippen LogP contribution in [0.1, 0.15) is 34.7 Å². The van der Waals surface area contributed by atoms with Crippen LogP contribution in [0.2, 0.25) is 0 Å². The van der Waals surface area contributed by atoms with E-state index in [0.29, 0.717) is 11.4 Å². The monoisotopic (exact) mass is 334 g/mol. The largest absolute Gasteiger partial charge is 0.545 e. The Hall–Kier alpha value is -2.66. The SMILES string of the molecule is CN1CCC(c2cccc(-n3cnc4cc(C(=O)[O-])ccc43)c2)CC1. The Kier molecular flexibility index (Phi) is 4.01. The first kappa shape index (κ1) is 15.8. The van der Waals surface area contributed by atoms with Gasteiger partial charge in [-0.2, -0.15) is 0 Å². The molecule has 0 radical (unpaired) electrons. The molecule has 5 nitrogen and oxygen atoms in total. The van der Waals surface area contributed by atoms with Crippen LogP contribution in [0.15, 0.2) is 48.8 Å². The molecule has 0 N–H and O–H groups in total. The van der Waals surface area contributed by atoms with E-state index in [1.54, 1.807) is 24.5 Å². The number of carboxylic acids is 1. The Balaban J connectivity index is 1.69. The number of aromatic nitrogens is 2. The average Bonchev–Trinajstić information content (AvgIpc) is 3.05. The molecule has 1 aliphatic heterocycles. The lowest BCUT2D eigenvalue weighted by Gasteiger charge is -2.29. The smallest absolute Gasteiger partial charge is 0.100 e. The van der Waals surface area contributed by atoms with Gasteiger partial charge in [0.25, 0.3) is 0 Å². The van der Waals surface area contributed by atoms with Crippen LogP contribution < -0.4 is 5.11 Å². The Morgan fingerprint density at radius 1 is 1.16 bits per heavy atom. The van der Waals surface area contributed by atoms with Crippen LogP contribution in [0.4, 0.5) is 0 Å². The van der Waals surface area contributed by atoms with Crippen molar-refractivity contribution >= 4 is 17.0 Å². The van der Waals surface area contributed by atoms with Gasteiger partial charge in [-0.05, 0) is 74.3 Å². The molecule has 128 valence electrons. The van der Waals surface area contributed by atoms with E-state index in [4.69, 9.17) is 0 Å². The first-order valence-electron chi connectivity index (χ1n) is 8.59. The van der Waals surface area contributed by atoms with Crippen molar-refractivity contribution < 1.29 is 9.90 Å². The average molecular weight is 334 g/mol. The van der Waals surface area contributed by atoms with E-state index in [1.165, 1.54) is 18.4 Å². The van der Waals surface area contributed by atoms with Gasteiger partial charge in [0.1, 0.15) is 6.33 Å². The summed E-state index contributed by atoms with van der Waals surface area (Å²) in [7, 11) is 2.17. The highest BCUT2D eigenvalue weighted by Gasteiger charge is 2.18. The summed E-state index contributed by atoms with van der Waals surface area (Å²) in [5.41, 5.74) is 4.12. The number of likely N-dealkylation sites (tertiary alicyclic amines) is 1. The molecule has 0 bridgehead atoms. The second kappa shape index (κ2) is 6.33. The van der Waals surface area contributed by atoms with Gasteiger partial charge in [-0.25, -0.2) is 4.98 Å². The number of aromatic carboxylic acids is 1. The zero-order chi connectivity index (χ0) is 17.4. The molecule has 0 spiro atoms. The molecule has 0 saturated carbocycles. The second-order valence-electron chi connectivity index (χ2n) is 6.78. The van der Waals surface area contributed by atoms with E-state index in [2.05, 4.69) is 41.2 Å². The minimum absolute atomic E-state index is 0.151. The van der Waals surface area contributed by atoms with Crippen molar-refractivity contribution in [1.29, 1.82) is 0 Å². The van der Waals surface area contributed by atoms with Crippen LogP contribution in [-0.2, 0) is 0 Å². The van der Waals surface area contributed by atoms with E-state index in [0.717, 1.165) is 24.3 Å². The Bertz CT molecular complexity index is 924. The van der Waals surface area contributed by atoms with Gasteiger partial charge in [0, 0.05) is 5.69 Å². The highest BCUT2D eigenvalue weighted by Crippen LogP contribution is 2.29. The first-order valence-corrected chi connectivity index (χ1v) is 8.59. The Morgan fingerprint density at radius 2 is 1.96 bits per heavy atom. The standard InChI is InChI=1S/C20H21N3O2/c1-22-9-7-14(8-10-22)15-3-2-4-17(11-15)23-13-21-18-12-16(20(24)25)5-6-19(18)23/h2-6,11-14H,7-10H2,1H3,(H,24,25)/p-1. The van der Waals surface area contributed by atoms with E-state index in [-0.39, 0.29) is 5.56 Å². The molecular weight excluding hydrogens is 314 g/mol. The number of nitrogens with zero attached hydrogens (tertiary/aromatic N) is 3. The van der Waals surface area contributed by atoms with Crippen LogP contribution in [0, 0.1) is 0 Å². The summed E-state index contributed by atoms with van der Waals surface area (Å²) in [6.45, 7) is 2.27. The minimum Gasteiger partial charge on any atom is -0.545 e. The normalized spacial score (nSPS) is 16.4. The molecule has 3 aromatic rings. The highest BCUT2D eigenvalue weighted by atomic mass is 16.4. The number of piperidine rings is 1. The molecule has 1 aromatic heterocycles. The number of rotatable bonds is 3. The maximum Gasteiger partial charge on any atom is 0.100 e. The molecule has 0 atom stereocenters. The van der Waals surface area contributed by atoms with E-state index < -0.39 is 5.97 Å². The van der Waals surface area contributed by atoms with Crippen molar-refractivity contribution in [2.45, 2.75) is 18.8 Å². The van der Waals surface area contributed by atoms with Gasteiger partial charge in [-0.3, -0.25) is 4.57 Å². The van der Waals surface area contributed by atoms with Crippen molar-refractivity contribution in [1.82, 2.24) is 14.5 Å². The van der Waals surface area contributed by atoms with E-state index in [1.807, 2.05) is 4.57 Å². The highest BCUT2D eigenvalue weighted by molar-refractivity contribution is 5.91. The third-order valence-corrected chi connectivity index (χ3v) is 5.12. The molecule has 0 amide bonds. The second-order valence-corrected chi connectivity index (χ2v) is 6.78. The topological polar surface area (TPSA) is 61.2 Å². The van der Waals surface area contributed by atoms with Crippen molar-refractivity contribution in [2.75, 3.05) is 20.1 Å². The van der Waals surface area contributed by atoms with Gasteiger partial charge in [-0.15, -0.1) is 0 Å². The summed E-state index contributed by atoms with van der Waals surface area (Å²) in [5, 5.41) is 11.0. The van der Waals surface area contributed by atoms with Crippen molar-refractivity contribution in [3.05, 3.63) is 59.9 Å². The summed E-state index contributed by atoms with van der Waals surface area (Å²) in [4.78, 5) is 17.7. The molecule has 2 aromatic carbocycles. The van der Waals surface area contributed by atoms with Crippen LogP contribution >= 0.6 is 0 Å². The maximum absolute atomic E-state index is 11.0. The summed E-state index contributed by atoms with van der Waals surface area (Å²) in [6, 6.07) is 13.5. The van der Waals surface area contributed by atoms with E-state index >= 15 is 0 Å². The van der Waals surface area contributed by atoms with Crippen LogP contribution in [-0.4, -0.2) is 40.6 Å². The minimum atomic E-state index is -1.18. The Labute approximate surface area is 146 Å². The predicted molar refractivity (Wildman–Crippen MR) is 94.9 cm³/mol. The van der Waals surface area contributed by atoms with Crippen LogP contribution in [0.25, 0.3) is 16.7 Å². The molecule has 4 rings (SSSR count). The van der Waals surface area contributed by atoms with Crippen LogP contribution in [0.5, 0.6) is 0 Å². The number of imidazole rings is 1. The molecule has 2 heterocycles. The summed E-state index contributed by atoms with van der Waals surface area (Å²) in [6.07, 6.45) is 4.11. The number of benzene rings is 2. The van der Waals surface area contributed by atoms with Gasteiger partial charge in [-0.1, -0.05) is 18.2 Å². The van der Waals surface area contributed by atoms with Gasteiger partial charge in [0.15, 0.2) is 0 Å². The van der Waals surface area contributed by atoms with E-state index in [9.17, 15) is 9.90 Å². The van der Waals surface area contributed by atoms with Crippen molar-refractivity contribution in [3.63, 3.8) is 0 Å². The fourth-order valence-electron chi connectivity index (χ4n) is 3.62. The number of carboxylic acid groups (broad SMARTS) is 1. The quantitative estimate of drug-likeness (QED) is 0.737. The number of hydrogen-bond donors (Lipinski definition) is 0. The number of hydrogen-bond acceptors (Lipinski definition) is 4. The fourth-order valence-corrected chi connectivity index (χ4v) is 3.62. The van der Waals surface area contributed by atoms with Crippen molar-refractivity contribution in [2.24, 2.45) is 0 Å².